The lowest BCUT2D eigenvalue weighted by Crippen LogP contribution is -1.87. The van der Waals surface area contributed by atoms with Crippen molar-refractivity contribution < 1.29 is 0 Å². The van der Waals surface area contributed by atoms with Crippen molar-refractivity contribution in [1.29, 1.82) is 0 Å². The van der Waals surface area contributed by atoms with Crippen LogP contribution in [0.5, 0.6) is 0 Å². The van der Waals surface area contributed by atoms with E-state index in [0.29, 0.717) is 0 Å². The fraction of sp³-hybridized carbons (Fsp3) is 0.250. The summed E-state index contributed by atoms with van der Waals surface area (Å²) in [4.78, 5) is 2.82. The van der Waals surface area contributed by atoms with E-state index in [1.54, 1.807) is 0 Å². The molecule has 2 aromatic rings. The van der Waals surface area contributed by atoms with E-state index < -0.39 is 0 Å². The van der Waals surface area contributed by atoms with Crippen molar-refractivity contribution in [1.82, 2.24) is 0 Å². The first-order valence-electron chi connectivity index (χ1n) is 6.44. The Balaban J connectivity index is 1.96. The summed E-state index contributed by atoms with van der Waals surface area (Å²) in [6, 6.07) is 10.7. The van der Waals surface area contributed by atoms with Crippen molar-refractivity contribution >= 4 is 28.7 Å². The molecular weight excluding hydrogens is 238 g/mol. The minimum Gasteiger partial charge on any atom is -0.399 e. The molecule has 92 valence electrons. The smallest absolute Gasteiger partial charge is 0.0317 e. The Hall–Kier alpha value is -1.54. The van der Waals surface area contributed by atoms with Gasteiger partial charge in [0.2, 0.25) is 0 Å². The van der Waals surface area contributed by atoms with Gasteiger partial charge < -0.3 is 5.73 Å². The van der Waals surface area contributed by atoms with Crippen LogP contribution in [-0.4, -0.2) is 0 Å². The second-order valence-corrected chi connectivity index (χ2v) is 5.94. The Morgan fingerprint density at radius 1 is 1.22 bits per heavy atom. The van der Waals surface area contributed by atoms with Crippen molar-refractivity contribution in [3.63, 3.8) is 0 Å². The summed E-state index contributed by atoms with van der Waals surface area (Å²) >= 11 is 1.90. The van der Waals surface area contributed by atoms with Crippen molar-refractivity contribution in [3.05, 3.63) is 51.2 Å². The number of anilines is 1. The van der Waals surface area contributed by atoms with Gasteiger partial charge in [0.25, 0.3) is 0 Å². The summed E-state index contributed by atoms with van der Waals surface area (Å²) in [5.41, 5.74) is 10.9. The second kappa shape index (κ2) is 4.62. The van der Waals surface area contributed by atoms with E-state index in [9.17, 15) is 0 Å². The van der Waals surface area contributed by atoms with Gasteiger partial charge in [-0.25, -0.2) is 0 Å². The Morgan fingerprint density at radius 3 is 2.89 bits per heavy atom. The van der Waals surface area contributed by atoms with E-state index in [0.717, 1.165) is 24.9 Å². The SMILES string of the molecule is CCc1ccc(C=C2CCc3cc(N)ccc32)s1. The Kier molecular flexibility index (Phi) is 2.96. The van der Waals surface area contributed by atoms with Crippen LogP contribution in [0.25, 0.3) is 11.6 Å². The highest BCUT2D eigenvalue weighted by molar-refractivity contribution is 7.12. The largest absolute Gasteiger partial charge is 0.399 e. The van der Waals surface area contributed by atoms with Gasteiger partial charge in [-0.15, -0.1) is 11.3 Å². The Morgan fingerprint density at radius 2 is 2.11 bits per heavy atom. The van der Waals surface area contributed by atoms with Gasteiger partial charge in [0.1, 0.15) is 0 Å². The number of thiophene rings is 1. The highest BCUT2D eigenvalue weighted by Gasteiger charge is 2.16. The molecule has 1 aliphatic rings. The normalized spacial score (nSPS) is 16.2. The van der Waals surface area contributed by atoms with Crippen LogP contribution >= 0.6 is 11.3 Å². The molecule has 1 nitrogen and oxygen atoms in total. The quantitative estimate of drug-likeness (QED) is 0.792. The first-order chi connectivity index (χ1) is 8.76. The minimum absolute atomic E-state index is 0.874. The lowest BCUT2D eigenvalue weighted by atomic mass is 10.1. The molecule has 0 unspecified atom stereocenters. The molecule has 1 aromatic carbocycles. The van der Waals surface area contributed by atoms with Gasteiger partial charge in [-0.3, -0.25) is 0 Å². The van der Waals surface area contributed by atoms with Crippen LogP contribution in [0, 0.1) is 0 Å². The fourth-order valence-electron chi connectivity index (χ4n) is 2.52. The van der Waals surface area contributed by atoms with Crippen LogP contribution in [0.15, 0.2) is 30.3 Å². The number of aryl methyl sites for hydroxylation is 2. The molecule has 3 rings (SSSR count). The third-order valence-electron chi connectivity index (χ3n) is 3.49. The fourth-order valence-corrected chi connectivity index (χ4v) is 3.44. The van der Waals surface area contributed by atoms with Crippen LogP contribution < -0.4 is 5.73 Å². The monoisotopic (exact) mass is 255 g/mol. The number of nitrogen functional groups attached to an aromatic ring is 1. The highest BCUT2D eigenvalue weighted by Crippen LogP contribution is 2.35. The first kappa shape index (κ1) is 11.5. The summed E-state index contributed by atoms with van der Waals surface area (Å²) in [7, 11) is 0. The van der Waals surface area contributed by atoms with Gasteiger partial charge in [-0.1, -0.05) is 13.0 Å². The number of allylic oxidation sites excluding steroid dienone is 1. The molecule has 0 bridgehead atoms. The van der Waals surface area contributed by atoms with Crippen LogP contribution in [0.2, 0.25) is 0 Å². The van der Waals surface area contributed by atoms with Crippen molar-refractivity contribution in [3.8, 4) is 0 Å². The molecule has 0 saturated carbocycles. The third-order valence-corrected chi connectivity index (χ3v) is 4.66. The lowest BCUT2D eigenvalue weighted by Gasteiger charge is -2.01. The lowest BCUT2D eigenvalue weighted by molar-refractivity contribution is 1.08. The standard InChI is InChI=1S/C16H17NS/c1-2-14-6-7-15(18-14)10-12-4-3-11-9-13(17)5-8-16(11)12/h5-10H,2-4,17H2,1H3. The number of nitrogens with two attached hydrogens (primary N) is 1. The maximum Gasteiger partial charge on any atom is 0.0317 e. The molecule has 2 N–H and O–H groups in total. The summed E-state index contributed by atoms with van der Waals surface area (Å²) < 4.78 is 0. The molecule has 0 amide bonds. The summed E-state index contributed by atoms with van der Waals surface area (Å²) in [6.45, 7) is 2.20. The maximum absolute atomic E-state index is 5.83. The van der Waals surface area contributed by atoms with Crippen LogP contribution in [-0.2, 0) is 12.8 Å². The number of hydrogen-bond acceptors (Lipinski definition) is 2. The molecule has 0 saturated heterocycles. The minimum atomic E-state index is 0.874. The molecule has 0 spiro atoms. The number of benzene rings is 1. The molecule has 1 heterocycles. The predicted octanol–water partition coefficient (Wildman–Crippen LogP) is 4.38. The van der Waals surface area contributed by atoms with Crippen molar-refractivity contribution in [2.75, 3.05) is 5.73 Å². The van der Waals surface area contributed by atoms with E-state index in [1.165, 1.54) is 26.5 Å². The van der Waals surface area contributed by atoms with Gasteiger partial charge in [-0.2, -0.15) is 0 Å². The Labute approximate surface area is 112 Å². The highest BCUT2D eigenvalue weighted by atomic mass is 32.1. The van der Waals surface area contributed by atoms with Gasteiger partial charge >= 0.3 is 0 Å². The van der Waals surface area contributed by atoms with Crippen LogP contribution in [0.3, 0.4) is 0 Å². The van der Waals surface area contributed by atoms with E-state index in [2.05, 4.69) is 37.3 Å². The molecule has 1 aromatic heterocycles. The van der Waals surface area contributed by atoms with Gasteiger partial charge in [-0.05, 0) is 66.3 Å². The molecule has 0 fully saturated rings. The zero-order valence-electron chi connectivity index (χ0n) is 10.6. The van der Waals surface area contributed by atoms with Gasteiger partial charge in [0, 0.05) is 15.4 Å². The topological polar surface area (TPSA) is 26.0 Å². The number of fused-ring (bicyclic) bond motifs is 1. The summed E-state index contributed by atoms with van der Waals surface area (Å²) in [5, 5.41) is 0. The maximum atomic E-state index is 5.83. The zero-order chi connectivity index (χ0) is 12.5. The van der Waals surface area contributed by atoms with E-state index >= 15 is 0 Å². The average Bonchev–Trinajstić information content (AvgIpc) is 2.97. The van der Waals surface area contributed by atoms with Gasteiger partial charge in [0.15, 0.2) is 0 Å². The molecule has 1 aliphatic carbocycles. The van der Waals surface area contributed by atoms with Crippen LogP contribution in [0.1, 0.15) is 34.2 Å². The average molecular weight is 255 g/mol. The third kappa shape index (κ3) is 2.08. The zero-order valence-corrected chi connectivity index (χ0v) is 11.4. The van der Waals surface area contributed by atoms with E-state index in [-0.39, 0.29) is 0 Å². The molecule has 18 heavy (non-hydrogen) atoms. The molecule has 2 heteroatoms. The van der Waals surface area contributed by atoms with Gasteiger partial charge in [0.05, 0.1) is 0 Å². The van der Waals surface area contributed by atoms with Crippen molar-refractivity contribution in [2.24, 2.45) is 0 Å². The summed E-state index contributed by atoms with van der Waals surface area (Å²) in [6.07, 6.45) is 5.73. The molecule has 0 radical (unpaired) electrons. The van der Waals surface area contributed by atoms with Crippen LogP contribution in [0.4, 0.5) is 5.69 Å². The molecule has 0 atom stereocenters. The second-order valence-electron chi connectivity index (χ2n) is 4.74. The van der Waals surface area contributed by atoms with E-state index in [4.69, 9.17) is 5.73 Å². The summed E-state index contributed by atoms with van der Waals surface area (Å²) in [5.74, 6) is 0. The molecular formula is C16H17NS. The van der Waals surface area contributed by atoms with Crippen molar-refractivity contribution in [2.45, 2.75) is 26.2 Å². The van der Waals surface area contributed by atoms with E-state index in [1.807, 2.05) is 17.4 Å². The Bertz CT molecular complexity index is 607. The first-order valence-corrected chi connectivity index (χ1v) is 7.26. The predicted molar refractivity (Wildman–Crippen MR) is 80.7 cm³/mol. The molecule has 0 aliphatic heterocycles. The number of hydrogen-bond donors (Lipinski definition) is 1. The number of rotatable bonds is 2.